The van der Waals surface area contributed by atoms with Gasteiger partial charge in [0.05, 0.1) is 6.54 Å². The Morgan fingerprint density at radius 1 is 1.20 bits per heavy atom. The van der Waals surface area contributed by atoms with E-state index in [1.807, 2.05) is 29.2 Å². The van der Waals surface area contributed by atoms with E-state index in [0.717, 1.165) is 36.5 Å². The zero-order chi connectivity index (χ0) is 14.4. The normalized spacial score (nSPS) is 17.6. The Labute approximate surface area is 126 Å². The first-order valence-electron chi connectivity index (χ1n) is 7.43. The molecule has 20 heavy (non-hydrogen) atoms. The number of rotatable bonds is 4. The first-order chi connectivity index (χ1) is 9.66. The third-order valence-corrected chi connectivity index (χ3v) is 4.14. The average Bonchev–Trinajstić information content (AvgIpc) is 2.74. The van der Waals surface area contributed by atoms with Crippen LogP contribution in [-0.2, 0) is 4.79 Å². The number of carbonyl (C=O) groups excluding carboxylic acids is 1. The third-order valence-electron chi connectivity index (χ3n) is 3.89. The van der Waals surface area contributed by atoms with Crippen LogP contribution in [0.4, 0.5) is 0 Å². The van der Waals surface area contributed by atoms with Crippen LogP contribution >= 0.6 is 11.6 Å². The lowest BCUT2D eigenvalue weighted by Gasteiger charge is -2.22. The molecule has 1 N–H and O–H groups in total. The largest absolute Gasteiger partial charge is 0.342 e. The van der Waals surface area contributed by atoms with Crippen molar-refractivity contribution in [3.05, 3.63) is 34.9 Å². The van der Waals surface area contributed by atoms with Crippen molar-refractivity contribution in [2.75, 3.05) is 19.6 Å². The average molecular weight is 295 g/mol. The van der Waals surface area contributed by atoms with Gasteiger partial charge in [0.2, 0.25) is 5.91 Å². The molecule has 1 aliphatic heterocycles. The predicted molar refractivity (Wildman–Crippen MR) is 82.9 cm³/mol. The van der Waals surface area contributed by atoms with Crippen molar-refractivity contribution in [3.63, 3.8) is 0 Å². The minimum atomic E-state index is 0.156. The summed E-state index contributed by atoms with van der Waals surface area (Å²) >= 11 is 5.88. The highest BCUT2D eigenvalue weighted by atomic mass is 35.5. The lowest BCUT2D eigenvalue weighted by Crippen LogP contribution is -2.39. The van der Waals surface area contributed by atoms with Gasteiger partial charge in [0.1, 0.15) is 0 Å². The molecule has 0 radical (unpaired) electrons. The molecule has 1 amide bonds. The lowest BCUT2D eigenvalue weighted by atomic mass is 10.1. The van der Waals surface area contributed by atoms with Crippen molar-refractivity contribution >= 4 is 17.5 Å². The monoisotopic (exact) mass is 294 g/mol. The van der Waals surface area contributed by atoms with Crippen molar-refractivity contribution in [2.24, 2.45) is 0 Å². The summed E-state index contributed by atoms with van der Waals surface area (Å²) in [7, 11) is 0. The fourth-order valence-corrected chi connectivity index (χ4v) is 2.67. The van der Waals surface area contributed by atoms with Gasteiger partial charge in [0, 0.05) is 24.2 Å². The number of benzene rings is 1. The molecule has 1 aromatic rings. The number of nitrogens with one attached hydrogen (secondary N) is 1. The van der Waals surface area contributed by atoms with Crippen LogP contribution in [0.15, 0.2) is 24.3 Å². The van der Waals surface area contributed by atoms with Gasteiger partial charge in [-0.1, -0.05) is 36.6 Å². The van der Waals surface area contributed by atoms with E-state index in [0.29, 0.717) is 6.54 Å². The molecule has 3 nitrogen and oxygen atoms in total. The van der Waals surface area contributed by atoms with Crippen LogP contribution in [0.2, 0.25) is 5.02 Å². The molecule has 2 rings (SSSR count). The van der Waals surface area contributed by atoms with Crippen molar-refractivity contribution in [1.82, 2.24) is 10.2 Å². The van der Waals surface area contributed by atoms with Gasteiger partial charge in [0.15, 0.2) is 0 Å². The molecule has 1 fully saturated rings. The molecular formula is C16H23ClN2O. The maximum atomic E-state index is 12.2. The molecule has 0 spiro atoms. The number of likely N-dealkylation sites (tertiary alicyclic amines) is 1. The second kappa shape index (κ2) is 7.65. The molecule has 1 saturated heterocycles. The van der Waals surface area contributed by atoms with Crippen LogP contribution in [0.3, 0.4) is 0 Å². The van der Waals surface area contributed by atoms with Crippen molar-refractivity contribution in [2.45, 2.75) is 38.6 Å². The van der Waals surface area contributed by atoms with E-state index in [1.54, 1.807) is 0 Å². The number of nitrogens with zero attached hydrogens (tertiary/aromatic N) is 1. The molecule has 0 aromatic heterocycles. The second-order valence-electron chi connectivity index (χ2n) is 5.45. The summed E-state index contributed by atoms with van der Waals surface area (Å²) in [5, 5.41) is 4.04. The van der Waals surface area contributed by atoms with Gasteiger partial charge in [-0.25, -0.2) is 0 Å². The molecule has 0 unspecified atom stereocenters. The minimum absolute atomic E-state index is 0.156. The number of hydrogen-bond acceptors (Lipinski definition) is 2. The lowest BCUT2D eigenvalue weighted by molar-refractivity contribution is -0.130. The summed E-state index contributed by atoms with van der Waals surface area (Å²) in [5.41, 5.74) is 1.15. The predicted octanol–water partition coefficient (Wildman–Crippen LogP) is 3.39. The smallest absolute Gasteiger partial charge is 0.236 e. The van der Waals surface area contributed by atoms with E-state index in [1.165, 1.54) is 12.8 Å². The van der Waals surface area contributed by atoms with Crippen LogP contribution in [0.1, 0.15) is 44.2 Å². The maximum Gasteiger partial charge on any atom is 0.236 e. The van der Waals surface area contributed by atoms with Gasteiger partial charge in [-0.2, -0.15) is 0 Å². The van der Waals surface area contributed by atoms with Crippen molar-refractivity contribution < 1.29 is 4.79 Å². The molecule has 1 aliphatic rings. The number of hydrogen-bond donors (Lipinski definition) is 1. The molecule has 1 atom stereocenters. The summed E-state index contributed by atoms with van der Waals surface area (Å²) < 4.78 is 0. The SMILES string of the molecule is C[C@@H](NCC(=O)N1CCCCCC1)c1ccc(Cl)cc1. The summed E-state index contributed by atoms with van der Waals surface area (Å²) in [6.45, 7) is 4.30. The zero-order valence-electron chi connectivity index (χ0n) is 12.1. The van der Waals surface area contributed by atoms with Crippen LogP contribution < -0.4 is 5.32 Å². The first-order valence-corrected chi connectivity index (χ1v) is 7.81. The number of carbonyl (C=O) groups is 1. The zero-order valence-corrected chi connectivity index (χ0v) is 12.8. The third kappa shape index (κ3) is 4.50. The molecule has 110 valence electrons. The van der Waals surface area contributed by atoms with E-state index in [9.17, 15) is 4.79 Å². The van der Waals surface area contributed by atoms with Crippen LogP contribution in [0.5, 0.6) is 0 Å². The van der Waals surface area contributed by atoms with E-state index < -0.39 is 0 Å². The Morgan fingerprint density at radius 3 is 2.40 bits per heavy atom. The fraction of sp³-hybridized carbons (Fsp3) is 0.562. The highest BCUT2D eigenvalue weighted by molar-refractivity contribution is 6.30. The number of amides is 1. The Kier molecular flexibility index (Phi) is 5.86. The quantitative estimate of drug-likeness (QED) is 0.923. The summed E-state index contributed by atoms with van der Waals surface area (Å²) in [6.07, 6.45) is 4.77. The van der Waals surface area contributed by atoms with E-state index >= 15 is 0 Å². The van der Waals surface area contributed by atoms with Crippen LogP contribution in [0, 0.1) is 0 Å². The Morgan fingerprint density at radius 2 is 1.80 bits per heavy atom. The molecular weight excluding hydrogens is 272 g/mol. The van der Waals surface area contributed by atoms with Gasteiger partial charge in [-0.3, -0.25) is 4.79 Å². The summed E-state index contributed by atoms with van der Waals surface area (Å²) in [5.74, 6) is 0.215. The second-order valence-corrected chi connectivity index (χ2v) is 5.89. The van der Waals surface area contributed by atoms with Crippen LogP contribution in [-0.4, -0.2) is 30.4 Å². The summed E-state index contributed by atoms with van der Waals surface area (Å²) in [4.78, 5) is 14.2. The van der Waals surface area contributed by atoms with E-state index in [-0.39, 0.29) is 11.9 Å². The minimum Gasteiger partial charge on any atom is -0.342 e. The van der Waals surface area contributed by atoms with Gasteiger partial charge in [-0.15, -0.1) is 0 Å². The Bertz CT molecular complexity index is 425. The number of halogens is 1. The van der Waals surface area contributed by atoms with Gasteiger partial charge >= 0.3 is 0 Å². The highest BCUT2D eigenvalue weighted by Crippen LogP contribution is 2.16. The fourth-order valence-electron chi connectivity index (χ4n) is 2.54. The molecule has 1 aromatic carbocycles. The molecule has 1 heterocycles. The molecule has 0 aliphatic carbocycles. The topological polar surface area (TPSA) is 32.3 Å². The van der Waals surface area contributed by atoms with E-state index in [4.69, 9.17) is 11.6 Å². The van der Waals surface area contributed by atoms with Gasteiger partial charge in [-0.05, 0) is 37.5 Å². The summed E-state index contributed by atoms with van der Waals surface area (Å²) in [6, 6.07) is 7.91. The maximum absolute atomic E-state index is 12.2. The molecule has 4 heteroatoms. The van der Waals surface area contributed by atoms with Crippen molar-refractivity contribution in [1.29, 1.82) is 0 Å². The van der Waals surface area contributed by atoms with E-state index in [2.05, 4.69) is 12.2 Å². The van der Waals surface area contributed by atoms with Crippen molar-refractivity contribution in [3.8, 4) is 0 Å². The Balaban J connectivity index is 1.81. The molecule has 0 saturated carbocycles. The van der Waals surface area contributed by atoms with Gasteiger partial charge < -0.3 is 10.2 Å². The molecule has 0 bridgehead atoms. The standard InChI is InChI=1S/C16H23ClN2O/c1-13(14-6-8-15(17)9-7-14)18-12-16(20)19-10-4-2-3-5-11-19/h6-9,13,18H,2-5,10-12H2,1H3/t13-/m1/s1. The first kappa shape index (κ1) is 15.3. The van der Waals surface area contributed by atoms with Gasteiger partial charge in [0.25, 0.3) is 0 Å². The highest BCUT2D eigenvalue weighted by Gasteiger charge is 2.16. The Hall–Kier alpha value is -1.06. The van der Waals surface area contributed by atoms with Crippen LogP contribution in [0.25, 0.3) is 0 Å².